The van der Waals surface area contributed by atoms with Gasteiger partial charge in [-0.25, -0.2) is 4.98 Å². The molecule has 0 N–H and O–H groups in total. The highest BCUT2D eigenvalue weighted by atomic mass is 35.5. The number of pyridine rings is 1. The molecule has 0 saturated carbocycles. The molecule has 2 heterocycles. The number of carbonyl (C=O) groups excluding carboxylic acids is 1. The Hall–Kier alpha value is -2.62. The molecule has 1 aliphatic rings. The number of rotatable bonds is 4. The number of nitrogens with zero attached hydrogens (tertiary/aromatic N) is 3. The van der Waals surface area contributed by atoms with E-state index in [1.54, 1.807) is 9.80 Å². The Morgan fingerprint density at radius 2 is 1.80 bits per heavy atom. The second-order valence-electron chi connectivity index (χ2n) is 6.56. The molecule has 3 rings (SSSR count). The highest BCUT2D eigenvalue weighted by Crippen LogP contribution is 2.33. The Balaban J connectivity index is 1.67. The van der Waals surface area contributed by atoms with E-state index in [1.165, 1.54) is 24.3 Å². The summed E-state index contributed by atoms with van der Waals surface area (Å²) in [7, 11) is 0. The Morgan fingerprint density at radius 1 is 1.10 bits per heavy atom. The first-order valence-electron chi connectivity index (χ1n) is 8.97. The summed E-state index contributed by atoms with van der Waals surface area (Å²) in [4.78, 5) is 19.9. The molecule has 0 bridgehead atoms. The summed E-state index contributed by atoms with van der Waals surface area (Å²) >= 11 is 6.02. The third kappa shape index (κ3) is 5.29. The van der Waals surface area contributed by atoms with E-state index in [9.17, 15) is 26.7 Å². The van der Waals surface area contributed by atoms with Crippen molar-refractivity contribution in [2.45, 2.75) is 19.2 Å². The zero-order chi connectivity index (χ0) is 21.9. The normalized spacial score (nSPS) is 15.3. The molecule has 30 heavy (non-hydrogen) atoms. The number of benzene rings is 1. The predicted octanol–water partition coefficient (Wildman–Crippen LogP) is 4.71. The molecule has 0 unspecified atom stereocenters. The van der Waals surface area contributed by atoms with Crippen LogP contribution in [0.5, 0.6) is 5.75 Å². The monoisotopic (exact) mass is 449 g/mol. The standard InChI is InChI=1S/C19H17ClF5N3O2/c20-15-10-13(19(23,24)25)11-26-16(15)27-6-1-7-28(9-8-27)17(29)12-2-4-14(5-3-12)30-18(21)22/h2-5,10-11,18H,1,6-9H2. The molecular formula is C19H17ClF5N3O2. The summed E-state index contributed by atoms with van der Waals surface area (Å²) in [5, 5.41) is -0.112. The van der Waals surface area contributed by atoms with Crippen molar-refractivity contribution >= 4 is 23.3 Å². The first-order valence-corrected chi connectivity index (χ1v) is 9.35. The minimum atomic E-state index is -4.53. The van der Waals surface area contributed by atoms with Gasteiger partial charge >= 0.3 is 12.8 Å². The van der Waals surface area contributed by atoms with Crippen molar-refractivity contribution in [2.75, 3.05) is 31.1 Å². The molecule has 5 nitrogen and oxygen atoms in total. The summed E-state index contributed by atoms with van der Waals surface area (Å²) in [6.07, 6.45) is -3.25. The maximum Gasteiger partial charge on any atom is 0.417 e. The number of halogens is 6. The largest absolute Gasteiger partial charge is 0.435 e. The van der Waals surface area contributed by atoms with Crippen molar-refractivity contribution in [3.05, 3.63) is 52.7 Å². The molecule has 1 fully saturated rings. The van der Waals surface area contributed by atoms with Gasteiger partial charge in [-0.05, 0) is 36.8 Å². The van der Waals surface area contributed by atoms with E-state index in [-0.39, 0.29) is 22.5 Å². The fraction of sp³-hybridized carbons (Fsp3) is 0.368. The summed E-state index contributed by atoms with van der Waals surface area (Å²) in [6, 6.07) is 6.21. The summed E-state index contributed by atoms with van der Waals surface area (Å²) in [5.41, 5.74) is -0.613. The molecule has 11 heteroatoms. The van der Waals surface area contributed by atoms with Gasteiger partial charge in [-0.2, -0.15) is 22.0 Å². The number of carbonyl (C=O) groups is 1. The maximum atomic E-state index is 12.8. The van der Waals surface area contributed by atoms with E-state index in [4.69, 9.17) is 11.6 Å². The molecule has 1 aliphatic heterocycles. The van der Waals surface area contributed by atoms with Crippen molar-refractivity contribution in [3.8, 4) is 5.75 Å². The van der Waals surface area contributed by atoms with E-state index in [2.05, 4.69) is 9.72 Å². The highest BCUT2D eigenvalue weighted by molar-refractivity contribution is 6.33. The van der Waals surface area contributed by atoms with Gasteiger partial charge in [0.05, 0.1) is 10.6 Å². The molecule has 2 aromatic rings. The molecule has 0 spiro atoms. The number of hydrogen-bond acceptors (Lipinski definition) is 4. The van der Waals surface area contributed by atoms with Crippen LogP contribution in [-0.4, -0.2) is 48.6 Å². The van der Waals surface area contributed by atoms with E-state index in [1.807, 2.05) is 0 Å². The lowest BCUT2D eigenvalue weighted by molar-refractivity contribution is -0.137. The second-order valence-corrected chi connectivity index (χ2v) is 6.97. The number of ether oxygens (including phenoxy) is 1. The molecule has 1 amide bonds. The number of anilines is 1. The van der Waals surface area contributed by atoms with Crippen LogP contribution in [0.15, 0.2) is 36.5 Å². The van der Waals surface area contributed by atoms with Gasteiger partial charge in [-0.3, -0.25) is 4.79 Å². The number of aromatic nitrogens is 1. The Kier molecular flexibility index (Phi) is 6.64. The van der Waals surface area contributed by atoms with E-state index < -0.39 is 18.4 Å². The molecule has 1 aromatic heterocycles. The smallest absolute Gasteiger partial charge is 0.417 e. The average molecular weight is 450 g/mol. The fourth-order valence-corrected chi connectivity index (χ4v) is 3.40. The van der Waals surface area contributed by atoms with Gasteiger partial charge in [0.15, 0.2) is 0 Å². The van der Waals surface area contributed by atoms with Crippen molar-refractivity contribution in [3.63, 3.8) is 0 Å². The number of alkyl halides is 5. The fourth-order valence-electron chi connectivity index (χ4n) is 3.11. The first-order chi connectivity index (χ1) is 14.1. The van der Waals surface area contributed by atoms with Gasteiger partial charge in [0, 0.05) is 37.9 Å². The summed E-state index contributed by atoms with van der Waals surface area (Å²) in [5.74, 6) is -0.106. The lowest BCUT2D eigenvalue weighted by atomic mass is 10.2. The summed E-state index contributed by atoms with van der Waals surface area (Å²) in [6.45, 7) is -1.44. The molecule has 1 saturated heterocycles. The highest BCUT2D eigenvalue weighted by Gasteiger charge is 2.32. The minimum absolute atomic E-state index is 0.0494. The first kappa shape index (κ1) is 22.1. The average Bonchev–Trinajstić information content (AvgIpc) is 2.93. The van der Waals surface area contributed by atoms with Crippen LogP contribution in [0.2, 0.25) is 5.02 Å². The van der Waals surface area contributed by atoms with Gasteiger partial charge < -0.3 is 14.5 Å². The molecule has 1 aromatic carbocycles. The Labute approximate surface area is 174 Å². The van der Waals surface area contributed by atoms with Gasteiger partial charge in [0.25, 0.3) is 5.91 Å². The van der Waals surface area contributed by atoms with Gasteiger partial charge in [-0.1, -0.05) is 11.6 Å². The summed E-state index contributed by atoms with van der Waals surface area (Å²) < 4.78 is 67.1. The zero-order valence-electron chi connectivity index (χ0n) is 15.5. The molecule has 0 radical (unpaired) electrons. The molecule has 0 atom stereocenters. The Bertz CT molecular complexity index is 893. The third-order valence-corrected chi connectivity index (χ3v) is 4.84. The predicted molar refractivity (Wildman–Crippen MR) is 100 cm³/mol. The van der Waals surface area contributed by atoms with Crippen molar-refractivity contribution in [1.82, 2.24) is 9.88 Å². The van der Waals surface area contributed by atoms with Crippen molar-refractivity contribution in [2.24, 2.45) is 0 Å². The van der Waals surface area contributed by atoms with Crippen LogP contribution in [0.1, 0.15) is 22.3 Å². The SMILES string of the molecule is O=C(c1ccc(OC(F)F)cc1)N1CCCN(c2ncc(C(F)(F)F)cc2Cl)CC1. The van der Waals surface area contributed by atoms with Gasteiger partial charge in [-0.15, -0.1) is 0 Å². The lowest BCUT2D eigenvalue weighted by Crippen LogP contribution is -2.35. The third-order valence-electron chi connectivity index (χ3n) is 4.56. The van der Waals surface area contributed by atoms with Crippen LogP contribution in [-0.2, 0) is 6.18 Å². The van der Waals surface area contributed by atoms with Crippen LogP contribution in [0, 0.1) is 0 Å². The van der Waals surface area contributed by atoms with Crippen molar-refractivity contribution in [1.29, 1.82) is 0 Å². The quantitative estimate of drug-likeness (QED) is 0.634. The van der Waals surface area contributed by atoms with Crippen LogP contribution in [0.3, 0.4) is 0 Å². The maximum absolute atomic E-state index is 12.8. The molecule has 162 valence electrons. The Morgan fingerprint density at radius 3 is 2.40 bits per heavy atom. The van der Waals surface area contributed by atoms with E-state index in [0.29, 0.717) is 38.2 Å². The number of amides is 1. The topological polar surface area (TPSA) is 45.7 Å². The zero-order valence-corrected chi connectivity index (χ0v) is 16.3. The van der Waals surface area contributed by atoms with Crippen LogP contribution < -0.4 is 9.64 Å². The van der Waals surface area contributed by atoms with E-state index in [0.717, 1.165) is 12.3 Å². The van der Waals surface area contributed by atoms with Crippen LogP contribution in [0.25, 0.3) is 0 Å². The van der Waals surface area contributed by atoms with Crippen LogP contribution >= 0.6 is 11.6 Å². The molecule has 0 aliphatic carbocycles. The minimum Gasteiger partial charge on any atom is -0.435 e. The van der Waals surface area contributed by atoms with Gasteiger partial charge in [0.1, 0.15) is 11.6 Å². The molecular weight excluding hydrogens is 433 g/mol. The van der Waals surface area contributed by atoms with Crippen LogP contribution in [0.4, 0.5) is 27.8 Å². The second kappa shape index (κ2) is 9.03. The van der Waals surface area contributed by atoms with E-state index >= 15 is 0 Å². The lowest BCUT2D eigenvalue weighted by Gasteiger charge is -2.24. The number of hydrogen-bond donors (Lipinski definition) is 0. The van der Waals surface area contributed by atoms with Gasteiger partial charge in [0.2, 0.25) is 0 Å². The van der Waals surface area contributed by atoms with Crippen molar-refractivity contribution < 1.29 is 31.5 Å².